The van der Waals surface area contributed by atoms with Crippen LogP contribution in [0.2, 0.25) is 0 Å². The Bertz CT molecular complexity index is 938. The molecule has 164 valence electrons. The highest BCUT2D eigenvalue weighted by Crippen LogP contribution is 2.44. The summed E-state index contributed by atoms with van der Waals surface area (Å²) in [4.78, 5) is 34.8. The summed E-state index contributed by atoms with van der Waals surface area (Å²) in [6.07, 6.45) is -0.385. The number of aliphatic carboxylic acids is 2. The molecule has 2 aromatic rings. The van der Waals surface area contributed by atoms with Crippen LogP contribution in [0, 0.1) is 0 Å². The largest absolute Gasteiger partial charge is 0.481 e. The number of rotatable bonds is 10. The molecule has 31 heavy (non-hydrogen) atoms. The number of esters is 1. The maximum atomic E-state index is 12.6. The van der Waals surface area contributed by atoms with Gasteiger partial charge in [0.05, 0.1) is 6.42 Å². The summed E-state index contributed by atoms with van der Waals surface area (Å²) in [7, 11) is 0. The van der Waals surface area contributed by atoms with Gasteiger partial charge < -0.3 is 14.9 Å². The smallest absolute Gasteiger partial charge is 0.320 e. The van der Waals surface area contributed by atoms with Gasteiger partial charge in [-0.15, -0.1) is 0 Å². The number of carbonyl (C=O) groups excluding carboxylic acids is 1. The molecule has 0 fully saturated rings. The van der Waals surface area contributed by atoms with Crippen LogP contribution in [0.5, 0.6) is 0 Å². The van der Waals surface area contributed by atoms with Crippen LogP contribution in [0.25, 0.3) is 11.1 Å². The van der Waals surface area contributed by atoms with Crippen LogP contribution < -0.4 is 5.32 Å². The SMILES string of the molecule is CC(C)(CC(=O)OCC1c2ccccc2-c2ccccc21)N[C@@H](CCC(=O)O)C(=O)O. The Morgan fingerprint density at radius 1 is 1.00 bits per heavy atom. The molecule has 7 heteroatoms. The van der Waals surface area contributed by atoms with Crippen LogP contribution in [0.3, 0.4) is 0 Å². The van der Waals surface area contributed by atoms with Crippen LogP contribution in [0.15, 0.2) is 48.5 Å². The average Bonchev–Trinajstić information content (AvgIpc) is 3.03. The third kappa shape index (κ3) is 5.49. The molecule has 0 unspecified atom stereocenters. The summed E-state index contributed by atoms with van der Waals surface area (Å²) in [5.41, 5.74) is 3.65. The van der Waals surface area contributed by atoms with E-state index in [9.17, 15) is 19.5 Å². The summed E-state index contributed by atoms with van der Waals surface area (Å²) in [5.74, 6) is -2.71. The second-order valence-electron chi connectivity index (χ2n) is 8.44. The van der Waals surface area contributed by atoms with Crippen molar-refractivity contribution < 1.29 is 29.3 Å². The van der Waals surface area contributed by atoms with E-state index in [0.717, 1.165) is 22.3 Å². The van der Waals surface area contributed by atoms with Gasteiger partial charge in [-0.1, -0.05) is 48.5 Å². The van der Waals surface area contributed by atoms with Crippen LogP contribution in [-0.2, 0) is 19.1 Å². The van der Waals surface area contributed by atoms with Gasteiger partial charge >= 0.3 is 17.9 Å². The average molecular weight is 425 g/mol. The molecule has 0 spiro atoms. The minimum Gasteiger partial charge on any atom is -0.481 e. The zero-order valence-electron chi connectivity index (χ0n) is 17.6. The van der Waals surface area contributed by atoms with Crippen molar-refractivity contribution in [3.05, 3.63) is 59.7 Å². The molecule has 0 saturated carbocycles. The molecular formula is C24H27NO6. The maximum absolute atomic E-state index is 12.6. The number of hydrogen-bond donors (Lipinski definition) is 3. The number of hydrogen-bond acceptors (Lipinski definition) is 5. The van der Waals surface area contributed by atoms with E-state index in [1.807, 2.05) is 36.4 Å². The predicted molar refractivity (Wildman–Crippen MR) is 115 cm³/mol. The Kier molecular flexibility index (Phi) is 6.75. The van der Waals surface area contributed by atoms with Crippen molar-refractivity contribution in [1.29, 1.82) is 0 Å². The fourth-order valence-corrected chi connectivity index (χ4v) is 4.08. The Hall–Kier alpha value is -3.19. The molecule has 7 nitrogen and oxygen atoms in total. The fraction of sp³-hybridized carbons (Fsp3) is 0.375. The minimum atomic E-state index is -1.15. The zero-order valence-corrected chi connectivity index (χ0v) is 17.6. The molecule has 0 aliphatic heterocycles. The number of fused-ring (bicyclic) bond motifs is 3. The number of carbonyl (C=O) groups is 3. The molecule has 3 rings (SSSR count). The molecule has 0 amide bonds. The molecule has 2 aromatic carbocycles. The number of carboxylic acid groups (broad SMARTS) is 2. The topological polar surface area (TPSA) is 113 Å². The van der Waals surface area contributed by atoms with E-state index in [2.05, 4.69) is 17.4 Å². The first-order chi connectivity index (χ1) is 14.7. The lowest BCUT2D eigenvalue weighted by atomic mass is 9.97. The third-order valence-corrected chi connectivity index (χ3v) is 5.47. The highest BCUT2D eigenvalue weighted by Gasteiger charge is 2.32. The monoisotopic (exact) mass is 425 g/mol. The standard InChI is InChI=1S/C24H27NO6/c1-24(2,25-20(23(29)30)11-12-21(26)27)13-22(28)31-14-19-17-9-5-3-7-15(17)16-8-4-6-10-18(16)19/h3-10,19-20,25H,11-14H2,1-2H3,(H,26,27)(H,29,30)/t20-/m0/s1. The van der Waals surface area contributed by atoms with Crippen molar-refractivity contribution in [2.24, 2.45) is 0 Å². The van der Waals surface area contributed by atoms with Gasteiger partial charge in [0.2, 0.25) is 0 Å². The maximum Gasteiger partial charge on any atom is 0.320 e. The van der Waals surface area contributed by atoms with Crippen LogP contribution in [-0.4, -0.2) is 46.3 Å². The van der Waals surface area contributed by atoms with E-state index < -0.39 is 29.5 Å². The molecule has 3 N–H and O–H groups in total. The normalized spacial score (nSPS) is 13.9. The second-order valence-corrected chi connectivity index (χ2v) is 8.44. The molecule has 0 aromatic heterocycles. The van der Waals surface area contributed by atoms with Gasteiger partial charge in [-0.3, -0.25) is 19.7 Å². The van der Waals surface area contributed by atoms with Crippen molar-refractivity contribution in [1.82, 2.24) is 5.32 Å². The second kappa shape index (κ2) is 9.31. The lowest BCUT2D eigenvalue weighted by molar-refractivity contribution is -0.147. The van der Waals surface area contributed by atoms with Gasteiger partial charge in [-0.2, -0.15) is 0 Å². The van der Waals surface area contributed by atoms with Crippen molar-refractivity contribution in [2.75, 3.05) is 6.61 Å². The predicted octanol–water partition coefficient (Wildman–Crippen LogP) is 3.42. The van der Waals surface area contributed by atoms with Crippen LogP contribution in [0.1, 0.15) is 50.2 Å². The zero-order chi connectivity index (χ0) is 22.6. The molecule has 1 aliphatic carbocycles. The summed E-state index contributed by atoms with van der Waals surface area (Å²) in [6, 6.07) is 15.1. The van der Waals surface area contributed by atoms with E-state index in [-0.39, 0.29) is 31.8 Å². The summed E-state index contributed by atoms with van der Waals surface area (Å²) in [5, 5.41) is 21.0. The lowest BCUT2D eigenvalue weighted by Gasteiger charge is -2.29. The van der Waals surface area contributed by atoms with E-state index >= 15 is 0 Å². The van der Waals surface area contributed by atoms with Gasteiger partial charge in [0.25, 0.3) is 0 Å². The van der Waals surface area contributed by atoms with Crippen molar-refractivity contribution in [2.45, 2.75) is 50.6 Å². The lowest BCUT2D eigenvalue weighted by Crippen LogP contribution is -2.50. The van der Waals surface area contributed by atoms with Gasteiger partial charge in [0, 0.05) is 17.9 Å². The quantitative estimate of drug-likeness (QED) is 0.500. The van der Waals surface area contributed by atoms with Crippen molar-refractivity contribution in [3.8, 4) is 11.1 Å². The van der Waals surface area contributed by atoms with Crippen LogP contribution >= 0.6 is 0 Å². The number of nitrogens with one attached hydrogen (secondary N) is 1. The molecule has 0 heterocycles. The first-order valence-electron chi connectivity index (χ1n) is 10.2. The summed E-state index contributed by atoms with van der Waals surface area (Å²) < 4.78 is 5.60. The Labute approximate surface area is 181 Å². The van der Waals surface area contributed by atoms with Crippen molar-refractivity contribution >= 4 is 17.9 Å². The first kappa shape index (κ1) is 22.5. The Balaban J connectivity index is 1.62. The van der Waals surface area contributed by atoms with Gasteiger partial charge in [-0.05, 0) is 42.5 Å². The van der Waals surface area contributed by atoms with Crippen LogP contribution in [0.4, 0.5) is 0 Å². The highest BCUT2D eigenvalue weighted by atomic mass is 16.5. The fourth-order valence-electron chi connectivity index (χ4n) is 4.08. The Morgan fingerprint density at radius 3 is 2.06 bits per heavy atom. The third-order valence-electron chi connectivity index (χ3n) is 5.47. The summed E-state index contributed by atoms with van der Waals surface area (Å²) >= 11 is 0. The number of benzene rings is 2. The van der Waals surface area contributed by atoms with Gasteiger partial charge in [0.1, 0.15) is 12.6 Å². The van der Waals surface area contributed by atoms with Crippen molar-refractivity contribution in [3.63, 3.8) is 0 Å². The van der Waals surface area contributed by atoms with E-state index in [0.29, 0.717) is 0 Å². The molecule has 1 atom stereocenters. The molecule has 0 radical (unpaired) electrons. The van der Waals surface area contributed by atoms with E-state index in [1.165, 1.54) is 0 Å². The van der Waals surface area contributed by atoms with E-state index in [1.54, 1.807) is 13.8 Å². The van der Waals surface area contributed by atoms with Gasteiger partial charge in [0.15, 0.2) is 0 Å². The summed E-state index contributed by atoms with van der Waals surface area (Å²) in [6.45, 7) is 3.60. The highest BCUT2D eigenvalue weighted by molar-refractivity contribution is 5.79. The molecule has 1 aliphatic rings. The number of carboxylic acids is 2. The molecule has 0 bridgehead atoms. The molecule has 0 saturated heterocycles. The van der Waals surface area contributed by atoms with Gasteiger partial charge in [-0.25, -0.2) is 0 Å². The molecular weight excluding hydrogens is 398 g/mol. The first-order valence-corrected chi connectivity index (χ1v) is 10.2. The number of ether oxygens (including phenoxy) is 1. The van der Waals surface area contributed by atoms with E-state index in [4.69, 9.17) is 9.84 Å². The minimum absolute atomic E-state index is 0.0418. The Morgan fingerprint density at radius 2 is 1.55 bits per heavy atom.